The quantitative estimate of drug-likeness (QED) is 0.817. The Morgan fingerprint density at radius 3 is 2.67 bits per heavy atom. The minimum Gasteiger partial charge on any atom is -0.494 e. The van der Waals surface area contributed by atoms with Crippen molar-refractivity contribution in [3.05, 3.63) is 36.4 Å². The number of anilines is 1. The van der Waals surface area contributed by atoms with Gasteiger partial charge in [-0.25, -0.2) is 0 Å². The zero-order valence-corrected chi connectivity index (χ0v) is 11.9. The highest BCUT2D eigenvalue weighted by Crippen LogP contribution is 2.27. The molecule has 0 bridgehead atoms. The Morgan fingerprint density at radius 1 is 1.29 bits per heavy atom. The molecule has 1 amide bonds. The molecule has 0 spiro atoms. The van der Waals surface area contributed by atoms with E-state index in [1.165, 1.54) is 0 Å². The van der Waals surface area contributed by atoms with Gasteiger partial charge in [0.05, 0.1) is 18.4 Å². The zero-order valence-electron chi connectivity index (χ0n) is 11.9. The van der Waals surface area contributed by atoms with E-state index in [4.69, 9.17) is 4.74 Å². The average Bonchev–Trinajstić information content (AvgIpc) is 2.48. The summed E-state index contributed by atoms with van der Waals surface area (Å²) in [6, 6.07) is 7.09. The maximum Gasteiger partial charge on any atom is 0.307 e. The van der Waals surface area contributed by atoms with Crippen LogP contribution in [-0.2, 0) is 9.59 Å². The fraction of sp³-hybridized carbons (Fsp3) is 0.375. The topological polar surface area (TPSA) is 75.6 Å². The van der Waals surface area contributed by atoms with Crippen molar-refractivity contribution >= 4 is 17.6 Å². The maximum atomic E-state index is 12.3. The van der Waals surface area contributed by atoms with Crippen LogP contribution in [-0.4, -0.2) is 23.6 Å². The first-order valence-electron chi connectivity index (χ1n) is 7.03. The third-order valence-electron chi connectivity index (χ3n) is 3.50. The molecule has 2 unspecified atom stereocenters. The van der Waals surface area contributed by atoms with E-state index in [-0.39, 0.29) is 5.91 Å². The van der Waals surface area contributed by atoms with Gasteiger partial charge in [-0.15, -0.1) is 0 Å². The number of hydrogen-bond acceptors (Lipinski definition) is 3. The molecule has 5 nitrogen and oxygen atoms in total. The summed E-state index contributed by atoms with van der Waals surface area (Å²) in [7, 11) is 0. The Balaban J connectivity index is 2.08. The van der Waals surface area contributed by atoms with Crippen molar-refractivity contribution in [3.8, 4) is 5.75 Å². The zero-order chi connectivity index (χ0) is 15.2. The number of carbonyl (C=O) groups excluding carboxylic acids is 1. The Labute approximate surface area is 123 Å². The number of rotatable bonds is 5. The van der Waals surface area contributed by atoms with E-state index in [0.29, 0.717) is 30.9 Å². The molecule has 0 heterocycles. The fourth-order valence-corrected chi connectivity index (χ4v) is 2.44. The molecule has 0 aromatic heterocycles. The summed E-state index contributed by atoms with van der Waals surface area (Å²) in [6.45, 7) is 2.43. The largest absolute Gasteiger partial charge is 0.494 e. The number of benzene rings is 1. The predicted octanol–water partition coefficient (Wildman–Crippen LogP) is 2.69. The standard InChI is InChI=1S/C16H19NO4/c1-2-21-12-7-5-6-11(10-12)17-15(18)13-8-3-4-9-14(13)16(19)20/h3-7,10,13-14H,2,8-9H2,1H3,(H,17,18)(H,19,20). The lowest BCUT2D eigenvalue weighted by atomic mass is 9.82. The molecular weight excluding hydrogens is 270 g/mol. The Kier molecular flexibility index (Phi) is 4.98. The molecule has 0 saturated heterocycles. The van der Waals surface area contributed by atoms with Gasteiger partial charge in [0.25, 0.3) is 0 Å². The number of carboxylic acid groups (broad SMARTS) is 1. The number of carbonyl (C=O) groups is 2. The second-order valence-corrected chi connectivity index (χ2v) is 4.94. The lowest BCUT2D eigenvalue weighted by molar-refractivity contribution is -0.146. The van der Waals surface area contributed by atoms with Gasteiger partial charge < -0.3 is 15.2 Å². The van der Waals surface area contributed by atoms with Crippen molar-refractivity contribution in [2.75, 3.05) is 11.9 Å². The van der Waals surface area contributed by atoms with E-state index in [1.54, 1.807) is 18.2 Å². The molecule has 0 aliphatic heterocycles. The highest BCUT2D eigenvalue weighted by Gasteiger charge is 2.33. The third-order valence-corrected chi connectivity index (χ3v) is 3.50. The molecule has 0 saturated carbocycles. The molecule has 5 heteroatoms. The molecule has 112 valence electrons. The van der Waals surface area contributed by atoms with Crippen LogP contribution >= 0.6 is 0 Å². The molecule has 1 aromatic carbocycles. The van der Waals surface area contributed by atoms with Gasteiger partial charge in [-0.05, 0) is 31.9 Å². The predicted molar refractivity (Wildman–Crippen MR) is 79.2 cm³/mol. The van der Waals surface area contributed by atoms with Crippen molar-refractivity contribution in [1.29, 1.82) is 0 Å². The summed E-state index contributed by atoms with van der Waals surface area (Å²) in [4.78, 5) is 23.5. The summed E-state index contributed by atoms with van der Waals surface area (Å²) in [5.74, 6) is -1.72. The molecular formula is C16H19NO4. The normalized spacial score (nSPS) is 20.8. The van der Waals surface area contributed by atoms with E-state index in [0.717, 1.165) is 0 Å². The molecule has 0 fully saturated rings. The van der Waals surface area contributed by atoms with Gasteiger partial charge in [-0.2, -0.15) is 0 Å². The summed E-state index contributed by atoms with van der Waals surface area (Å²) in [5, 5.41) is 12.0. The number of carboxylic acids is 1. The van der Waals surface area contributed by atoms with Crippen LogP contribution in [0.25, 0.3) is 0 Å². The van der Waals surface area contributed by atoms with Crippen LogP contribution in [0.2, 0.25) is 0 Å². The second-order valence-electron chi connectivity index (χ2n) is 4.94. The van der Waals surface area contributed by atoms with Gasteiger partial charge >= 0.3 is 5.97 Å². The van der Waals surface area contributed by atoms with E-state index in [1.807, 2.05) is 25.1 Å². The first-order valence-corrected chi connectivity index (χ1v) is 7.03. The first-order chi connectivity index (χ1) is 10.1. The summed E-state index contributed by atoms with van der Waals surface area (Å²) >= 11 is 0. The van der Waals surface area contributed by atoms with Gasteiger partial charge in [0.1, 0.15) is 5.75 Å². The van der Waals surface area contributed by atoms with Crippen LogP contribution in [0.3, 0.4) is 0 Å². The van der Waals surface area contributed by atoms with E-state index in [9.17, 15) is 14.7 Å². The highest BCUT2D eigenvalue weighted by atomic mass is 16.5. The van der Waals surface area contributed by atoms with E-state index in [2.05, 4.69) is 5.32 Å². The van der Waals surface area contributed by atoms with Crippen molar-refractivity contribution < 1.29 is 19.4 Å². The summed E-state index contributed by atoms with van der Waals surface area (Å²) in [5.41, 5.74) is 0.615. The molecule has 2 rings (SSSR count). The molecule has 0 radical (unpaired) electrons. The SMILES string of the molecule is CCOc1cccc(NC(=O)C2CC=CCC2C(=O)O)c1. The first kappa shape index (κ1) is 15.1. The lowest BCUT2D eigenvalue weighted by Crippen LogP contribution is -2.34. The number of allylic oxidation sites excluding steroid dienone is 2. The molecule has 1 aromatic rings. The molecule has 2 atom stereocenters. The highest BCUT2D eigenvalue weighted by molar-refractivity contribution is 5.95. The Bertz CT molecular complexity index is 553. The molecule has 21 heavy (non-hydrogen) atoms. The minimum atomic E-state index is -0.928. The van der Waals surface area contributed by atoms with Crippen molar-refractivity contribution in [1.82, 2.24) is 0 Å². The fourth-order valence-electron chi connectivity index (χ4n) is 2.44. The van der Waals surface area contributed by atoms with Gasteiger partial charge in [0, 0.05) is 11.8 Å². The number of amides is 1. The van der Waals surface area contributed by atoms with Crippen LogP contribution in [0.1, 0.15) is 19.8 Å². The third kappa shape index (κ3) is 3.84. The van der Waals surface area contributed by atoms with Crippen LogP contribution in [0.15, 0.2) is 36.4 Å². The van der Waals surface area contributed by atoms with Gasteiger partial charge in [0.2, 0.25) is 5.91 Å². The lowest BCUT2D eigenvalue weighted by Gasteiger charge is -2.24. The molecule has 1 aliphatic carbocycles. The number of ether oxygens (including phenoxy) is 1. The number of aliphatic carboxylic acids is 1. The summed E-state index contributed by atoms with van der Waals surface area (Å²) < 4.78 is 5.38. The summed E-state index contributed by atoms with van der Waals surface area (Å²) in [6.07, 6.45) is 4.53. The minimum absolute atomic E-state index is 0.264. The van der Waals surface area contributed by atoms with Crippen LogP contribution < -0.4 is 10.1 Å². The van der Waals surface area contributed by atoms with E-state index < -0.39 is 17.8 Å². The Hall–Kier alpha value is -2.30. The van der Waals surface area contributed by atoms with Crippen molar-refractivity contribution in [2.24, 2.45) is 11.8 Å². The van der Waals surface area contributed by atoms with Gasteiger partial charge in [0.15, 0.2) is 0 Å². The van der Waals surface area contributed by atoms with Crippen molar-refractivity contribution in [3.63, 3.8) is 0 Å². The van der Waals surface area contributed by atoms with Gasteiger partial charge in [-0.3, -0.25) is 9.59 Å². The number of hydrogen-bond donors (Lipinski definition) is 2. The average molecular weight is 289 g/mol. The van der Waals surface area contributed by atoms with Crippen LogP contribution in [0, 0.1) is 11.8 Å². The van der Waals surface area contributed by atoms with E-state index >= 15 is 0 Å². The van der Waals surface area contributed by atoms with Gasteiger partial charge in [-0.1, -0.05) is 18.2 Å². The second kappa shape index (κ2) is 6.92. The maximum absolute atomic E-state index is 12.3. The smallest absolute Gasteiger partial charge is 0.307 e. The van der Waals surface area contributed by atoms with Crippen LogP contribution in [0.5, 0.6) is 5.75 Å². The molecule has 1 aliphatic rings. The molecule has 2 N–H and O–H groups in total. The van der Waals surface area contributed by atoms with Crippen molar-refractivity contribution in [2.45, 2.75) is 19.8 Å². The Morgan fingerprint density at radius 2 is 2.00 bits per heavy atom. The van der Waals surface area contributed by atoms with Crippen LogP contribution in [0.4, 0.5) is 5.69 Å². The monoisotopic (exact) mass is 289 g/mol. The number of nitrogens with one attached hydrogen (secondary N) is 1.